The molecule has 1 fully saturated rings. The van der Waals surface area contributed by atoms with Gasteiger partial charge in [-0.25, -0.2) is 0 Å². The number of benzene rings is 2. The first kappa shape index (κ1) is 17.2. The highest BCUT2D eigenvalue weighted by atomic mass is 16.3. The first-order chi connectivity index (χ1) is 11.8. The predicted molar refractivity (Wildman–Crippen MR) is 95.3 cm³/mol. The number of rotatable bonds is 2. The Morgan fingerprint density at radius 2 is 1.68 bits per heavy atom. The summed E-state index contributed by atoms with van der Waals surface area (Å²) in [5.74, 6) is -1.74. The standard InChI is InChI=1S/C21H22N2O2/c1-14-9-11-16(12-10-14)21(25)20(2,3)18(15-7-5-4-6-8-15)17(13-22)19(24)23-21/h4-12,17-18,25H,1-3H3,(H,23,24). The van der Waals surface area contributed by atoms with E-state index in [0.717, 1.165) is 11.1 Å². The van der Waals surface area contributed by atoms with Crippen LogP contribution < -0.4 is 5.32 Å². The van der Waals surface area contributed by atoms with Crippen LogP contribution >= 0.6 is 0 Å². The van der Waals surface area contributed by atoms with Gasteiger partial charge in [0.2, 0.25) is 5.91 Å². The fourth-order valence-corrected chi connectivity index (χ4v) is 3.85. The average molecular weight is 334 g/mol. The third-order valence-corrected chi connectivity index (χ3v) is 5.40. The molecular weight excluding hydrogens is 312 g/mol. The van der Waals surface area contributed by atoms with E-state index in [1.165, 1.54) is 0 Å². The fraction of sp³-hybridized carbons (Fsp3) is 0.333. The highest BCUT2D eigenvalue weighted by Gasteiger charge is 2.59. The lowest BCUT2D eigenvalue weighted by atomic mass is 9.59. The van der Waals surface area contributed by atoms with Crippen LogP contribution in [0.15, 0.2) is 54.6 Å². The van der Waals surface area contributed by atoms with E-state index in [2.05, 4.69) is 11.4 Å². The number of nitriles is 1. The lowest BCUT2D eigenvalue weighted by Crippen LogP contribution is -2.64. The molecule has 1 amide bonds. The van der Waals surface area contributed by atoms with Crippen molar-refractivity contribution in [3.8, 4) is 6.07 Å². The summed E-state index contributed by atoms with van der Waals surface area (Å²) in [4.78, 5) is 12.7. The average Bonchev–Trinajstić information content (AvgIpc) is 2.59. The van der Waals surface area contributed by atoms with E-state index in [1.807, 2.05) is 75.4 Å². The van der Waals surface area contributed by atoms with E-state index in [-0.39, 0.29) is 0 Å². The van der Waals surface area contributed by atoms with E-state index >= 15 is 0 Å². The quantitative estimate of drug-likeness (QED) is 0.885. The zero-order valence-electron chi connectivity index (χ0n) is 14.7. The Hall–Kier alpha value is -2.64. The van der Waals surface area contributed by atoms with Crippen LogP contribution in [0.5, 0.6) is 0 Å². The number of piperidine rings is 1. The molecule has 4 nitrogen and oxygen atoms in total. The molecule has 1 saturated heterocycles. The summed E-state index contributed by atoms with van der Waals surface area (Å²) in [7, 11) is 0. The van der Waals surface area contributed by atoms with E-state index in [9.17, 15) is 15.2 Å². The molecule has 0 aliphatic carbocycles. The molecule has 4 heteroatoms. The van der Waals surface area contributed by atoms with Gasteiger partial charge >= 0.3 is 0 Å². The minimum atomic E-state index is -1.56. The molecule has 128 valence electrons. The number of carbonyl (C=O) groups is 1. The Morgan fingerprint density at radius 1 is 1.08 bits per heavy atom. The van der Waals surface area contributed by atoms with Crippen LogP contribution in [0.4, 0.5) is 0 Å². The molecule has 3 unspecified atom stereocenters. The summed E-state index contributed by atoms with van der Waals surface area (Å²) in [5.41, 5.74) is 0.207. The minimum Gasteiger partial charge on any atom is -0.366 e. The second-order valence-electron chi connectivity index (χ2n) is 7.28. The van der Waals surface area contributed by atoms with Crippen LogP contribution in [0.2, 0.25) is 0 Å². The Balaban J connectivity index is 2.18. The van der Waals surface area contributed by atoms with Gasteiger partial charge in [0.1, 0.15) is 5.92 Å². The van der Waals surface area contributed by atoms with Crippen molar-refractivity contribution in [2.75, 3.05) is 0 Å². The molecule has 1 aliphatic heterocycles. The first-order valence-electron chi connectivity index (χ1n) is 8.37. The molecule has 0 radical (unpaired) electrons. The molecule has 2 aromatic carbocycles. The number of carbonyl (C=O) groups excluding carboxylic acids is 1. The van der Waals surface area contributed by atoms with Crippen LogP contribution in [-0.2, 0) is 10.5 Å². The zero-order valence-corrected chi connectivity index (χ0v) is 14.7. The van der Waals surface area contributed by atoms with Crippen molar-refractivity contribution < 1.29 is 9.90 Å². The van der Waals surface area contributed by atoms with Gasteiger partial charge in [-0.3, -0.25) is 4.79 Å². The van der Waals surface area contributed by atoms with Crippen molar-refractivity contribution in [1.82, 2.24) is 5.32 Å². The second-order valence-corrected chi connectivity index (χ2v) is 7.28. The van der Waals surface area contributed by atoms with Gasteiger partial charge in [0, 0.05) is 16.9 Å². The van der Waals surface area contributed by atoms with Crippen molar-refractivity contribution in [2.24, 2.45) is 11.3 Å². The summed E-state index contributed by atoms with van der Waals surface area (Å²) in [6, 6.07) is 19.1. The van der Waals surface area contributed by atoms with E-state index in [1.54, 1.807) is 0 Å². The van der Waals surface area contributed by atoms with Crippen LogP contribution in [0.1, 0.15) is 36.5 Å². The van der Waals surface area contributed by atoms with Crippen LogP contribution in [0, 0.1) is 29.6 Å². The molecular formula is C21H22N2O2. The third kappa shape index (κ3) is 2.61. The summed E-state index contributed by atoms with van der Waals surface area (Å²) < 4.78 is 0. The number of amides is 1. The lowest BCUT2D eigenvalue weighted by Gasteiger charge is -2.53. The molecule has 1 heterocycles. The normalized spacial score (nSPS) is 28.0. The SMILES string of the molecule is Cc1ccc(C2(O)NC(=O)C(C#N)C(c3ccccc3)C2(C)C)cc1. The van der Waals surface area contributed by atoms with Crippen molar-refractivity contribution in [3.63, 3.8) is 0 Å². The van der Waals surface area contributed by atoms with Crippen molar-refractivity contribution >= 4 is 5.91 Å². The Kier molecular flexibility index (Phi) is 4.14. The molecule has 25 heavy (non-hydrogen) atoms. The van der Waals surface area contributed by atoms with E-state index < -0.39 is 28.9 Å². The number of nitrogens with zero attached hydrogens (tertiary/aromatic N) is 1. The predicted octanol–water partition coefficient (Wildman–Crippen LogP) is 3.22. The molecule has 0 spiro atoms. The van der Waals surface area contributed by atoms with Crippen LogP contribution in [0.25, 0.3) is 0 Å². The molecule has 3 rings (SSSR count). The van der Waals surface area contributed by atoms with Gasteiger partial charge < -0.3 is 10.4 Å². The van der Waals surface area contributed by atoms with Crippen LogP contribution in [-0.4, -0.2) is 11.0 Å². The van der Waals surface area contributed by atoms with Gasteiger partial charge in [0.15, 0.2) is 5.72 Å². The summed E-state index contributed by atoms with van der Waals surface area (Å²) in [6.07, 6.45) is 0. The minimum absolute atomic E-state index is 0.432. The molecule has 0 saturated carbocycles. The molecule has 0 bridgehead atoms. The fourth-order valence-electron chi connectivity index (χ4n) is 3.85. The number of hydrogen-bond acceptors (Lipinski definition) is 3. The number of aliphatic hydroxyl groups is 1. The van der Waals surface area contributed by atoms with Gasteiger partial charge in [0.05, 0.1) is 6.07 Å². The second kappa shape index (κ2) is 6.02. The highest BCUT2D eigenvalue weighted by Crippen LogP contribution is 2.53. The third-order valence-electron chi connectivity index (χ3n) is 5.40. The molecule has 2 aromatic rings. The Bertz CT molecular complexity index is 821. The summed E-state index contributed by atoms with van der Waals surface area (Å²) in [5, 5.41) is 23.9. The maximum Gasteiger partial charge on any atom is 0.240 e. The smallest absolute Gasteiger partial charge is 0.240 e. The monoisotopic (exact) mass is 334 g/mol. The largest absolute Gasteiger partial charge is 0.366 e. The highest BCUT2D eigenvalue weighted by molar-refractivity contribution is 5.84. The van der Waals surface area contributed by atoms with Gasteiger partial charge in [-0.1, -0.05) is 74.0 Å². The summed E-state index contributed by atoms with van der Waals surface area (Å²) in [6.45, 7) is 5.76. The molecule has 1 aliphatic rings. The molecule has 0 aromatic heterocycles. The van der Waals surface area contributed by atoms with Crippen molar-refractivity contribution in [3.05, 3.63) is 71.3 Å². The maximum atomic E-state index is 12.7. The Labute approximate surface area is 148 Å². The molecule has 3 atom stereocenters. The number of nitrogens with one attached hydrogen (secondary N) is 1. The van der Waals surface area contributed by atoms with Crippen molar-refractivity contribution in [1.29, 1.82) is 5.26 Å². The first-order valence-corrected chi connectivity index (χ1v) is 8.37. The van der Waals surface area contributed by atoms with Gasteiger partial charge in [-0.2, -0.15) is 5.26 Å². The van der Waals surface area contributed by atoms with Crippen LogP contribution in [0.3, 0.4) is 0 Å². The lowest BCUT2D eigenvalue weighted by molar-refractivity contribution is -0.168. The Morgan fingerprint density at radius 3 is 2.24 bits per heavy atom. The topological polar surface area (TPSA) is 73.1 Å². The zero-order chi connectivity index (χ0) is 18.2. The van der Waals surface area contributed by atoms with Gasteiger partial charge in [0.25, 0.3) is 0 Å². The number of hydrogen-bond donors (Lipinski definition) is 2. The van der Waals surface area contributed by atoms with Gasteiger partial charge in [-0.05, 0) is 12.5 Å². The van der Waals surface area contributed by atoms with Crippen molar-refractivity contribution in [2.45, 2.75) is 32.4 Å². The van der Waals surface area contributed by atoms with E-state index in [4.69, 9.17) is 0 Å². The molecule has 2 N–H and O–H groups in total. The number of aryl methyl sites for hydroxylation is 1. The summed E-state index contributed by atoms with van der Waals surface area (Å²) >= 11 is 0. The van der Waals surface area contributed by atoms with Gasteiger partial charge in [-0.15, -0.1) is 0 Å². The maximum absolute atomic E-state index is 12.7. The van der Waals surface area contributed by atoms with E-state index in [0.29, 0.717) is 5.56 Å².